The van der Waals surface area contributed by atoms with Crippen molar-refractivity contribution in [3.8, 4) is 17.3 Å². The van der Waals surface area contributed by atoms with Crippen LogP contribution in [0.1, 0.15) is 40.8 Å². The molecule has 2 aromatic heterocycles. The van der Waals surface area contributed by atoms with Crippen molar-refractivity contribution in [3.05, 3.63) is 63.2 Å². The fraction of sp³-hybridized carbons (Fsp3) is 0.238. The first-order valence-electron chi connectivity index (χ1n) is 8.70. The summed E-state index contributed by atoms with van der Waals surface area (Å²) in [6.45, 7) is 4.12. The fourth-order valence-corrected chi connectivity index (χ4v) is 4.17. The quantitative estimate of drug-likeness (QED) is 0.528. The Morgan fingerprint density at radius 3 is 2.63 bits per heavy atom. The van der Waals surface area contributed by atoms with Crippen LogP contribution in [0.4, 0.5) is 8.78 Å². The first-order valence-corrected chi connectivity index (χ1v) is 9.58. The molecule has 27 heavy (non-hydrogen) atoms. The third-order valence-corrected chi connectivity index (χ3v) is 5.68. The summed E-state index contributed by atoms with van der Waals surface area (Å²) < 4.78 is 30.3. The van der Waals surface area contributed by atoms with E-state index in [1.54, 1.807) is 5.38 Å². The summed E-state index contributed by atoms with van der Waals surface area (Å²) >= 11 is 1.21. The van der Waals surface area contributed by atoms with E-state index in [9.17, 15) is 14.0 Å². The smallest absolute Gasteiger partial charge is 0.135 e. The Bertz CT molecular complexity index is 1080. The molecule has 136 valence electrons. The maximum absolute atomic E-state index is 14.0. The maximum atomic E-state index is 14.0. The lowest BCUT2D eigenvalue weighted by molar-refractivity contribution is 0.589. The van der Waals surface area contributed by atoms with E-state index in [4.69, 9.17) is 0 Å². The molecule has 0 atom stereocenters. The molecule has 1 aromatic carbocycles. The van der Waals surface area contributed by atoms with Gasteiger partial charge < -0.3 is 4.57 Å². The second-order valence-corrected chi connectivity index (χ2v) is 7.59. The molecule has 6 heteroatoms. The summed E-state index contributed by atoms with van der Waals surface area (Å²) in [6, 6.07) is 8.52. The minimum Gasteiger partial charge on any atom is -0.346 e. The molecule has 3 nitrogen and oxygen atoms in total. The van der Waals surface area contributed by atoms with Crippen LogP contribution in [0, 0.1) is 36.8 Å². The Morgan fingerprint density at radius 1 is 1.30 bits per heavy atom. The van der Waals surface area contributed by atoms with Crippen molar-refractivity contribution >= 4 is 23.0 Å². The molecule has 0 amide bonds. The number of allylic oxidation sites excluding steroid dienone is 1. The number of thiazole rings is 1. The van der Waals surface area contributed by atoms with Crippen LogP contribution in [-0.4, -0.2) is 9.55 Å². The van der Waals surface area contributed by atoms with Gasteiger partial charge in [0, 0.05) is 22.8 Å². The Hall–Kier alpha value is -2.78. The topological polar surface area (TPSA) is 41.6 Å². The molecule has 1 aliphatic carbocycles. The third-order valence-electron chi connectivity index (χ3n) is 4.81. The van der Waals surface area contributed by atoms with E-state index in [1.807, 2.05) is 13.0 Å². The maximum Gasteiger partial charge on any atom is 0.135 e. The predicted octanol–water partition coefficient (Wildman–Crippen LogP) is 5.91. The molecule has 0 bridgehead atoms. The number of aromatic nitrogens is 2. The summed E-state index contributed by atoms with van der Waals surface area (Å²) in [5.74, 6) is -1.33. The molecule has 0 spiro atoms. The molecule has 0 N–H and O–H groups in total. The van der Waals surface area contributed by atoms with Crippen LogP contribution in [0.15, 0.2) is 29.6 Å². The number of nitriles is 1. The SMILES string of the molecule is Cc1cc(/C=C(/C#N)c2nc(-c3c(F)cccc3F)cs2)c(C)n1C1CC1. The van der Waals surface area contributed by atoms with E-state index in [-0.39, 0.29) is 11.3 Å². The van der Waals surface area contributed by atoms with Crippen molar-refractivity contribution in [1.29, 1.82) is 5.26 Å². The third kappa shape index (κ3) is 3.19. The number of aryl methyl sites for hydroxylation is 1. The Balaban J connectivity index is 1.73. The van der Waals surface area contributed by atoms with Gasteiger partial charge in [-0.2, -0.15) is 5.26 Å². The lowest BCUT2D eigenvalue weighted by Crippen LogP contribution is -1.98. The van der Waals surface area contributed by atoms with Crippen LogP contribution in [-0.2, 0) is 0 Å². The van der Waals surface area contributed by atoms with Crippen molar-refractivity contribution in [2.45, 2.75) is 32.7 Å². The lowest BCUT2D eigenvalue weighted by Gasteiger charge is -2.06. The standard InChI is InChI=1S/C21H17F2N3S/c1-12-8-14(13(2)26(12)16-6-7-16)9-15(10-24)21-25-19(11-27-21)20-17(22)4-3-5-18(20)23/h3-5,8-9,11,16H,6-7H2,1-2H3/b15-9-. The van der Waals surface area contributed by atoms with E-state index in [0.29, 0.717) is 16.6 Å². The molecule has 0 aliphatic heterocycles. The normalized spacial score (nSPS) is 14.4. The zero-order valence-electron chi connectivity index (χ0n) is 15.0. The van der Waals surface area contributed by atoms with E-state index < -0.39 is 11.6 Å². The van der Waals surface area contributed by atoms with Crippen molar-refractivity contribution < 1.29 is 8.78 Å². The van der Waals surface area contributed by atoms with Crippen LogP contribution in [0.3, 0.4) is 0 Å². The molecule has 1 fully saturated rings. The molecule has 0 unspecified atom stereocenters. The second-order valence-electron chi connectivity index (χ2n) is 6.73. The van der Waals surface area contributed by atoms with Crippen LogP contribution in [0.25, 0.3) is 22.9 Å². The van der Waals surface area contributed by atoms with Gasteiger partial charge in [-0.15, -0.1) is 11.3 Å². The second kappa shape index (κ2) is 6.75. The Morgan fingerprint density at radius 2 is 2.00 bits per heavy atom. The highest BCUT2D eigenvalue weighted by atomic mass is 32.1. The molecular formula is C21H17F2N3S. The largest absolute Gasteiger partial charge is 0.346 e. The summed E-state index contributed by atoms with van der Waals surface area (Å²) in [4.78, 5) is 4.32. The minimum atomic E-state index is -0.665. The average Bonchev–Trinajstić information content (AvgIpc) is 3.27. The number of nitrogens with zero attached hydrogens (tertiary/aromatic N) is 3. The average molecular weight is 381 g/mol. The van der Waals surface area contributed by atoms with Gasteiger partial charge in [0.15, 0.2) is 0 Å². The highest BCUT2D eigenvalue weighted by molar-refractivity contribution is 7.11. The molecule has 3 aromatic rings. The van der Waals surface area contributed by atoms with Gasteiger partial charge in [0.25, 0.3) is 0 Å². The molecule has 0 radical (unpaired) electrons. The highest BCUT2D eigenvalue weighted by Crippen LogP contribution is 2.39. The summed E-state index contributed by atoms with van der Waals surface area (Å²) in [5.41, 5.74) is 3.70. The van der Waals surface area contributed by atoms with E-state index >= 15 is 0 Å². The summed E-state index contributed by atoms with van der Waals surface area (Å²) in [7, 11) is 0. The first-order chi connectivity index (χ1) is 13.0. The molecule has 1 aliphatic rings. The van der Waals surface area contributed by atoms with Gasteiger partial charge >= 0.3 is 0 Å². The van der Waals surface area contributed by atoms with E-state index in [1.165, 1.54) is 48.1 Å². The predicted molar refractivity (Wildman–Crippen MR) is 103 cm³/mol. The Kier molecular flexibility index (Phi) is 4.40. The molecule has 1 saturated carbocycles. The highest BCUT2D eigenvalue weighted by Gasteiger charge is 2.26. The number of rotatable bonds is 4. The molecule has 4 rings (SSSR count). The van der Waals surface area contributed by atoms with Crippen LogP contribution < -0.4 is 0 Å². The monoisotopic (exact) mass is 381 g/mol. The van der Waals surface area contributed by atoms with E-state index in [0.717, 1.165) is 11.3 Å². The Labute approximate surface area is 160 Å². The fourth-order valence-electron chi connectivity index (χ4n) is 3.40. The van der Waals surface area contributed by atoms with Gasteiger partial charge in [-0.1, -0.05) is 6.07 Å². The van der Waals surface area contributed by atoms with Crippen LogP contribution >= 0.6 is 11.3 Å². The van der Waals surface area contributed by atoms with Gasteiger partial charge in [0.1, 0.15) is 22.7 Å². The van der Waals surface area contributed by atoms with Gasteiger partial charge in [0.05, 0.1) is 16.8 Å². The summed E-state index contributed by atoms with van der Waals surface area (Å²) in [6.07, 6.45) is 4.19. The van der Waals surface area contributed by atoms with Crippen molar-refractivity contribution in [2.75, 3.05) is 0 Å². The minimum absolute atomic E-state index is 0.163. The van der Waals surface area contributed by atoms with Gasteiger partial charge in [-0.05, 0) is 56.5 Å². The molecule has 2 heterocycles. The van der Waals surface area contributed by atoms with Crippen LogP contribution in [0.5, 0.6) is 0 Å². The number of benzene rings is 1. The van der Waals surface area contributed by atoms with Crippen molar-refractivity contribution in [2.24, 2.45) is 0 Å². The van der Waals surface area contributed by atoms with Crippen molar-refractivity contribution in [1.82, 2.24) is 9.55 Å². The van der Waals surface area contributed by atoms with Gasteiger partial charge in [-0.3, -0.25) is 0 Å². The zero-order valence-corrected chi connectivity index (χ0v) is 15.8. The molecular weight excluding hydrogens is 364 g/mol. The van der Waals surface area contributed by atoms with Gasteiger partial charge in [0.2, 0.25) is 0 Å². The number of halogens is 2. The molecule has 0 saturated heterocycles. The summed E-state index contributed by atoms with van der Waals surface area (Å²) in [5, 5.41) is 11.6. The first kappa shape index (κ1) is 17.6. The van der Waals surface area contributed by atoms with Gasteiger partial charge in [-0.25, -0.2) is 13.8 Å². The number of hydrogen-bond acceptors (Lipinski definition) is 3. The zero-order chi connectivity index (χ0) is 19.1. The number of hydrogen-bond donors (Lipinski definition) is 0. The lowest BCUT2D eigenvalue weighted by atomic mass is 10.1. The van der Waals surface area contributed by atoms with E-state index in [2.05, 4.69) is 28.6 Å². The van der Waals surface area contributed by atoms with Crippen molar-refractivity contribution in [3.63, 3.8) is 0 Å². The van der Waals surface area contributed by atoms with Crippen LogP contribution in [0.2, 0.25) is 0 Å².